The van der Waals surface area contributed by atoms with E-state index in [0.717, 1.165) is 27.3 Å². The summed E-state index contributed by atoms with van der Waals surface area (Å²) < 4.78 is 31.2. The van der Waals surface area contributed by atoms with Gasteiger partial charge in [0, 0.05) is 6.07 Å². The van der Waals surface area contributed by atoms with Gasteiger partial charge in [0.15, 0.2) is 0 Å². The predicted octanol–water partition coefficient (Wildman–Crippen LogP) is 3.65. The molecular weight excluding hydrogens is 388 g/mol. The Balaban J connectivity index is 2.21. The van der Waals surface area contributed by atoms with Crippen LogP contribution in [0.2, 0.25) is 0 Å². The third kappa shape index (κ3) is 5.97. The summed E-state index contributed by atoms with van der Waals surface area (Å²) in [5, 5.41) is 2.92. The number of aryl methyl sites for hydroxylation is 3. The lowest BCUT2D eigenvalue weighted by molar-refractivity contribution is -0.120. The van der Waals surface area contributed by atoms with Crippen molar-refractivity contribution in [2.75, 3.05) is 23.7 Å². The van der Waals surface area contributed by atoms with E-state index in [9.17, 15) is 13.2 Å². The highest BCUT2D eigenvalue weighted by molar-refractivity contribution is 7.92. The van der Waals surface area contributed by atoms with Crippen LogP contribution >= 0.6 is 0 Å². The zero-order valence-corrected chi connectivity index (χ0v) is 18.8. The minimum absolute atomic E-state index is 0.238. The fourth-order valence-electron chi connectivity index (χ4n) is 3.24. The number of sulfonamides is 1. The maximum Gasteiger partial charge on any atom is 0.241 e. The Morgan fingerprint density at radius 2 is 1.76 bits per heavy atom. The molecule has 1 N–H and O–H groups in total. The summed E-state index contributed by atoms with van der Waals surface area (Å²) in [5.41, 5.74) is 4.85. The highest BCUT2D eigenvalue weighted by Crippen LogP contribution is 2.24. The average Bonchev–Trinajstić information content (AvgIpc) is 2.62. The van der Waals surface area contributed by atoms with Crippen LogP contribution in [0.25, 0.3) is 0 Å². The molecule has 0 saturated carbocycles. The fraction of sp³-hybridized carbons (Fsp3) is 0.409. The van der Waals surface area contributed by atoms with Gasteiger partial charge in [0.25, 0.3) is 0 Å². The zero-order chi connectivity index (χ0) is 21.8. The van der Waals surface area contributed by atoms with Gasteiger partial charge >= 0.3 is 0 Å². The van der Waals surface area contributed by atoms with Crippen LogP contribution in [0.3, 0.4) is 0 Å². The van der Waals surface area contributed by atoms with E-state index in [1.807, 2.05) is 27.7 Å². The summed E-state index contributed by atoms with van der Waals surface area (Å²) >= 11 is 0. The number of carbonyl (C=O) groups excluding carboxylic acids is 1. The third-order valence-electron chi connectivity index (χ3n) is 4.83. The molecule has 0 heterocycles. The second-order valence-electron chi connectivity index (χ2n) is 7.28. The van der Waals surface area contributed by atoms with Gasteiger partial charge in [-0.2, -0.15) is 0 Å². The van der Waals surface area contributed by atoms with E-state index in [1.54, 1.807) is 24.3 Å². The number of hydrogen-bond acceptors (Lipinski definition) is 4. The Morgan fingerprint density at radius 3 is 2.38 bits per heavy atom. The molecule has 2 aromatic carbocycles. The lowest BCUT2D eigenvalue weighted by atomic mass is 9.96. The number of nitrogens with one attached hydrogen (secondary N) is 1. The van der Waals surface area contributed by atoms with Crippen LogP contribution in [0.5, 0.6) is 5.75 Å². The molecule has 0 saturated heterocycles. The van der Waals surface area contributed by atoms with Crippen LogP contribution in [-0.4, -0.2) is 33.7 Å². The molecule has 1 unspecified atom stereocenters. The standard InChI is InChI=1S/C22H30N2O4S/c1-7-28-20-10-8-9-19(13-20)24(29(6,26)27)14-22(25)23-18(5)21-12-16(3)15(2)11-17(21)4/h8-13,18H,7,14H2,1-6H3,(H,23,25). The van der Waals surface area contributed by atoms with Gasteiger partial charge in [-0.1, -0.05) is 18.2 Å². The molecule has 158 valence electrons. The molecular formula is C22H30N2O4S. The smallest absolute Gasteiger partial charge is 0.241 e. The lowest BCUT2D eigenvalue weighted by Gasteiger charge is -2.24. The van der Waals surface area contributed by atoms with Gasteiger partial charge in [-0.25, -0.2) is 8.42 Å². The van der Waals surface area contributed by atoms with Crippen molar-refractivity contribution >= 4 is 21.6 Å². The molecule has 1 amide bonds. The Hall–Kier alpha value is -2.54. The molecule has 0 radical (unpaired) electrons. The number of nitrogens with zero attached hydrogens (tertiary/aromatic N) is 1. The fourth-order valence-corrected chi connectivity index (χ4v) is 4.09. The van der Waals surface area contributed by atoms with Crippen LogP contribution in [0.4, 0.5) is 5.69 Å². The molecule has 0 aliphatic carbocycles. The number of hydrogen-bond donors (Lipinski definition) is 1. The highest BCUT2D eigenvalue weighted by atomic mass is 32.2. The molecule has 2 rings (SSSR count). The summed E-state index contributed by atoms with van der Waals surface area (Å²) in [4.78, 5) is 12.7. The van der Waals surface area contributed by atoms with Crippen LogP contribution in [0.1, 0.15) is 42.1 Å². The van der Waals surface area contributed by atoms with Gasteiger partial charge in [0.1, 0.15) is 12.3 Å². The van der Waals surface area contributed by atoms with Crippen molar-refractivity contribution in [3.63, 3.8) is 0 Å². The second kappa shape index (κ2) is 9.31. The summed E-state index contributed by atoms with van der Waals surface area (Å²) in [5.74, 6) is 0.181. The van der Waals surface area contributed by atoms with Gasteiger partial charge in [-0.15, -0.1) is 0 Å². The van der Waals surface area contributed by atoms with E-state index >= 15 is 0 Å². The molecule has 0 aliphatic rings. The number of ether oxygens (including phenoxy) is 1. The molecule has 29 heavy (non-hydrogen) atoms. The first-order valence-electron chi connectivity index (χ1n) is 9.60. The number of amides is 1. The van der Waals surface area contributed by atoms with E-state index in [0.29, 0.717) is 18.0 Å². The molecule has 0 bridgehead atoms. The van der Waals surface area contributed by atoms with Crippen molar-refractivity contribution in [3.8, 4) is 5.75 Å². The first-order valence-corrected chi connectivity index (χ1v) is 11.5. The molecule has 6 nitrogen and oxygen atoms in total. The third-order valence-corrected chi connectivity index (χ3v) is 5.97. The highest BCUT2D eigenvalue weighted by Gasteiger charge is 2.23. The van der Waals surface area contributed by atoms with E-state index < -0.39 is 10.0 Å². The molecule has 0 aromatic heterocycles. The van der Waals surface area contributed by atoms with Gasteiger partial charge in [-0.3, -0.25) is 9.10 Å². The Labute approximate surface area is 173 Å². The van der Waals surface area contributed by atoms with Crippen molar-refractivity contribution < 1.29 is 17.9 Å². The van der Waals surface area contributed by atoms with E-state index in [-0.39, 0.29) is 18.5 Å². The minimum Gasteiger partial charge on any atom is -0.494 e. The monoisotopic (exact) mass is 418 g/mol. The first kappa shape index (κ1) is 22.7. The molecule has 2 aromatic rings. The molecule has 0 fully saturated rings. The van der Waals surface area contributed by atoms with Crippen LogP contribution in [-0.2, 0) is 14.8 Å². The maximum absolute atomic E-state index is 12.7. The number of benzene rings is 2. The van der Waals surface area contributed by atoms with Crippen molar-refractivity contribution in [1.82, 2.24) is 5.32 Å². The van der Waals surface area contributed by atoms with E-state index in [2.05, 4.69) is 24.4 Å². The van der Waals surface area contributed by atoms with Crippen LogP contribution in [0, 0.1) is 20.8 Å². The van der Waals surface area contributed by atoms with Gasteiger partial charge in [-0.05, 0) is 69.0 Å². The Morgan fingerprint density at radius 1 is 1.10 bits per heavy atom. The molecule has 7 heteroatoms. The number of carbonyl (C=O) groups is 1. The second-order valence-corrected chi connectivity index (χ2v) is 9.19. The van der Waals surface area contributed by atoms with Crippen molar-refractivity contribution in [2.45, 2.75) is 40.7 Å². The topological polar surface area (TPSA) is 75.7 Å². The quantitative estimate of drug-likeness (QED) is 0.710. The maximum atomic E-state index is 12.7. The molecule has 0 spiro atoms. The van der Waals surface area contributed by atoms with Crippen LogP contribution in [0.15, 0.2) is 36.4 Å². The van der Waals surface area contributed by atoms with Crippen molar-refractivity contribution in [1.29, 1.82) is 0 Å². The Kier molecular flexibility index (Phi) is 7.30. The van der Waals surface area contributed by atoms with E-state index in [1.165, 1.54) is 5.56 Å². The average molecular weight is 419 g/mol. The lowest BCUT2D eigenvalue weighted by Crippen LogP contribution is -2.41. The summed E-state index contributed by atoms with van der Waals surface area (Å²) in [6.07, 6.45) is 1.09. The predicted molar refractivity (Wildman–Crippen MR) is 117 cm³/mol. The molecule has 1 atom stereocenters. The first-order chi connectivity index (χ1) is 13.5. The van der Waals surface area contributed by atoms with Crippen molar-refractivity contribution in [2.24, 2.45) is 0 Å². The summed E-state index contributed by atoms with van der Waals surface area (Å²) in [6.45, 7) is 10.0. The largest absolute Gasteiger partial charge is 0.494 e. The number of anilines is 1. The van der Waals surface area contributed by atoms with Crippen LogP contribution < -0.4 is 14.4 Å². The van der Waals surface area contributed by atoms with Gasteiger partial charge < -0.3 is 10.1 Å². The minimum atomic E-state index is -3.65. The van der Waals surface area contributed by atoms with Gasteiger partial charge in [0.05, 0.1) is 24.6 Å². The molecule has 0 aliphatic heterocycles. The SMILES string of the molecule is CCOc1cccc(N(CC(=O)NC(C)c2cc(C)c(C)cc2C)S(C)(=O)=O)c1. The van der Waals surface area contributed by atoms with E-state index in [4.69, 9.17) is 4.74 Å². The summed E-state index contributed by atoms with van der Waals surface area (Å²) in [6, 6.07) is 10.6. The normalized spacial score (nSPS) is 12.3. The number of rotatable bonds is 8. The van der Waals surface area contributed by atoms with Gasteiger partial charge in [0.2, 0.25) is 15.9 Å². The Bertz CT molecular complexity index is 986. The zero-order valence-electron chi connectivity index (χ0n) is 17.9. The summed E-state index contributed by atoms with van der Waals surface area (Å²) in [7, 11) is -3.65. The van der Waals surface area contributed by atoms with Crippen molar-refractivity contribution in [3.05, 3.63) is 58.7 Å².